The van der Waals surface area contributed by atoms with Crippen LogP contribution in [-0.2, 0) is 4.79 Å². The largest absolute Gasteiger partial charge is 0.497 e. The molecule has 4 heteroatoms. The van der Waals surface area contributed by atoms with Gasteiger partial charge >= 0.3 is 0 Å². The normalized spacial score (nSPS) is 28.7. The average Bonchev–Trinajstić information content (AvgIpc) is 3.00. The minimum atomic E-state index is -0.182. The van der Waals surface area contributed by atoms with Gasteiger partial charge in [-0.25, -0.2) is 0 Å². The maximum Gasteiger partial charge on any atom is 0.228 e. The Morgan fingerprint density at radius 3 is 2.86 bits per heavy atom. The van der Waals surface area contributed by atoms with Gasteiger partial charge in [-0.2, -0.15) is 0 Å². The first-order valence-electron chi connectivity index (χ1n) is 8.31. The molecule has 1 saturated carbocycles. The zero-order chi connectivity index (χ0) is 15.6. The second-order valence-corrected chi connectivity index (χ2v) is 6.70. The molecule has 0 spiro atoms. The van der Waals surface area contributed by atoms with E-state index in [1.165, 1.54) is 19.3 Å². The molecule has 0 radical (unpaired) electrons. The molecule has 1 heterocycles. The highest BCUT2D eigenvalue weighted by molar-refractivity contribution is 5.84. The van der Waals surface area contributed by atoms with Gasteiger partial charge in [-0.15, -0.1) is 0 Å². The van der Waals surface area contributed by atoms with Gasteiger partial charge in [-0.05, 0) is 49.9 Å². The number of hydrogen-bond donors (Lipinski definition) is 2. The number of benzene rings is 1. The van der Waals surface area contributed by atoms with Crippen LogP contribution in [0, 0.1) is 11.3 Å². The highest BCUT2D eigenvalue weighted by Gasteiger charge is 2.49. The molecule has 4 nitrogen and oxygen atoms in total. The molecule has 0 bridgehead atoms. The van der Waals surface area contributed by atoms with E-state index in [1.807, 2.05) is 24.3 Å². The summed E-state index contributed by atoms with van der Waals surface area (Å²) in [6.45, 7) is 3.87. The fourth-order valence-corrected chi connectivity index (χ4v) is 4.01. The molecule has 3 rings (SSSR count). The summed E-state index contributed by atoms with van der Waals surface area (Å²) in [6, 6.07) is 7.95. The third-order valence-corrected chi connectivity index (χ3v) is 5.45. The molecule has 1 unspecified atom stereocenters. The van der Waals surface area contributed by atoms with Crippen LogP contribution in [-0.4, -0.2) is 26.1 Å². The maximum absolute atomic E-state index is 12.9. The smallest absolute Gasteiger partial charge is 0.228 e. The Morgan fingerprint density at radius 2 is 2.14 bits per heavy atom. The summed E-state index contributed by atoms with van der Waals surface area (Å²) < 4.78 is 5.19. The number of methoxy groups -OCH3 is 1. The van der Waals surface area contributed by atoms with E-state index in [4.69, 9.17) is 4.74 Å². The van der Waals surface area contributed by atoms with Crippen LogP contribution in [0.1, 0.15) is 44.2 Å². The number of fused-ring (bicyclic) bond motifs is 1. The molecule has 1 aliphatic heterocycles. The molecule has 1 aromatic carbocycles. The molecule has 120 valence electrons. The van der Waals surface area contributed by atoms with Crippen LogP contribution in [0.25, 0.3) is 0 Å². The van der Waals surface area contributed by atoms with E-state index in [0.29, 0.717) is 5.92 Å². The lowest BCUT2D eigenvalue weighted by molar-refractivity contribution is -0.134. The second-order valence-electron chi connectivity index (χ2n) is 6.70. The lowest BCUT2D eigenvalue weighted by Gasteiger charge is -2.38. The van der Waals surface area contributed by atoms with Crippen LogP contribution in [0.15, 0.2) is 24.3 Å². The van der Waals surface area contributed by atoms with Crippen molar-refractivity contribution in [1.82, 2.24) is 10.6 Å². The summed E-state index contributed by atoms with van der Waals surface area (Å²) in [6.07, 6.45) is 4.63. The molecule has 0 aromatic heterocycles. The van der Waals surface area contributed by atoms with E-state index in [2.05, 4.69) is 17.6 Å². The van der Waals surface area contributed by atoms with Crippen molar-refractivity contribution in [2.24, 2.45) is 11.3 Å². The van der Waals surface area contributed by atoms with E-state index in [0.717, 1.165) is 30.8 Å². The van der Waals surface area contributed by atoms with Gasteiger partial charge in [0.2, 0.25) is 5.91 Å². The fourth-order valence-electron chi connectivity index (χ4n) is 4.01. The monoisotopic (exact) mass is 302 g/mol. The maximum atomic E-state index is 12.9. The minimum absolute atomic E-state index is 0.0240. The number of carbonyl (C=O) groups excluding carboxylic acids is 1. The van der Waals surface area contributed by atoms with Crippen LogP contribution in [0.4, 0.5) is 0 Å². The summed E-state index contributed by atoms with van der Waals surface area (Å²) in [5.74, 6) is 1.57. The highest BCUT2D eigenvalue weighted by Crippen LogP contribution is 2.44. The molecular weight excluding hydrogens is 276 g/mol. The average molecular weight is 302 g/mol. The van der Waals surface area contributed by atoms with E-state index in [1.54, 1.807) is 7.11 Å². The SMILES string of the molecule is COc1ccc(C(C)NC(=O)[C@@]23CCCC[C@H]2CNC3)cc1. The summed E-state index contributed by atoms with van der Waals surface area (Å²) in [4.78, 5) is 12.9. The van der Waals surface area contributed by atoms with Crippen LogP contribution in [0.3, 0.4) is 0 Å². The Labute approximate surface area is 132 Å². The standard InChI is InChI=1S/C18H26N2O2/c1-13(14-6-8-16(22-2)9-7-14)20-17(21)18-10-4-3-5-15(18)11-19-12-18/h6-9,13,15,19H,3-5,10-12H2,1-2H3,(H,20,21)/t13?,15-,18+/m0/s1. The van der Waals surface area contributed by atoms with E-state index >= 15 is 0 Å². The van der Waals surface area contributed by atoms with Gasteiger partial charge < -0.3 is 15.4 Å². The fraction of sp³-hybridized carbons (Fsp3) is 0.611. The van der Waals surface area contributed by atoms with Crippen molar-refractivity contribution < 1.29 is 9.53 Å². The first kappa shape index (κ1) is 15.3. The molecule has 1 aromatic rings. The van der Waals surface area contributed by atoms with Crippen LogP contribution >= 0.6 is 0 Å². The number of amides is 1. The number of hydrogen-bond acceptors (Lipinski definition) is 3. The van der Waals surface area contributed by atoms with Gasteiger partial charge in [0.1, 0.15) is 5.75 Å². The summed E-state index contributed by atoms with van der Waals surface area (Å²) in [5, 5.41) is 6.68. The van der Waals surface area contributed by atoms with Crippen LogP contribution < -0.4 is 15.4 Å². The highest BCUT2D eigenvalue weighted by atomic mass is 16.5. The number of carbonyl (C=O) groups is 1. The Kier molecular flexibility index (Phi) is 4.39. The van der Waals surface area contributed by atoms with Crippen molar-refractivity contribution in [3.8, 4) is 5.75 Å². The van der Waals surface area contributed by atoms with Crippen molar-refractivity contribution in [3.05, 3.63) is 29.8 Å². The summed E-state index contributed by atoms with van der Waals surface area (Å²) in [7, 11) is 1.66. The lowest BCUT2D eigenvalue weighted by atomic mass is 9.67. The van der Waals surface area contributed by atoms with Crippen molar-refractivity contribution in [3.63, 3.8) is 0 Å². The molecule has 22 heavy (non-hydrogen) atoms. The molecule has 2 aliphatic rings. The van der Waals surface area contributed by atoms with E-state index < -0.39 is 0 Å². The zero-order valence-electron chi connectivity index (χ0n) is 13.5. The summed E-state index contributed by atoms with van der Waals surface area (Å²) >= 11 is 0. The summed E-state index contributed by atoms with van der Waals surface area (Å²) in [5.41, 5.74) is 0.933. The first-order chi connectivity index (χ1) is 10.7. The van der Waals surface area contributed by atoms with Gasteiger partial charge in [0.05, 0.1) is 18.6 Å². The Hall–Kier alpha value is -1.55. The van der Waals surface area contributed by atoms with Crippen molar-refractivity contribution >= 4 is 5.91 Å². The number of ether oxygens (including phenoxy) is 1. The number of nitrogens with one attached hydrogen (secondary N) is 2. The van der Waals surface area contributed by atoms with Crippen molar-refractivity contribution in [1.29, 1.82) is 0 Å². The molecule has 1 saturated heterocycles. The molecular formula is C18H26N2O2. The molecule has 2 fully saturated rings. The lowest BCUT2D eigenvalue weighted by Crippen LogP contribution is -2.48. The topological polar surface area (TPSA) is 50.4 Å². The minimum Gasteiger partial charge on any atom is -0.497 e. The second kappa shape index (κ2) is 6.29. The Morgan fingerprint density at radius 1 is 1.36 bits per heavy atom. The third-order valence-electron chi connectivity index (χ3n) is 5.45. The zero-order valence-corrected chi connectivity index (χ0v) is 13.5. The molecule has 1 amide bonds. The quantitative estimate of drug-likeness (QED) is 0.899. The van der Waals surface area contributed by atoms with Gasteiger partial charge in [-0.1, -0.05) is 25.0 Å². The third kappa shape index (κ3) is 2.72. The van der Waals surface area contributed by atoms with Gasteiger partial charge in [0.25, 0.3) is 0 Å². The number of rotatable bonds is 4. The van der Waals surface area contributed by atoms with Crippen LogP contribution in [0.5, 0.6) is 5.75 Å². The van der Waals surface area contributed by atoms with Gasteiger partial charge in [0.15, 0.2) is 0 Å². The van der Waals surface area contributed by atoms with Crippen molar-refractivity contribution in [2.75, 3.05) is 20.2 Å². The molecule has 1 aliphatic carbocycles. The predicted octanol–water partition coefficient (Wildman–Crippen LogP) is 2.65. The van der Waals surface area contributed by atoms with Crippen molar-refractivity contribution in [2.45, 2.75) is 38.6 Å². The predicted molar refractivity (Wildman–Crippen MR) is 86.8 cm³/mol. The van der Waals surface area contributed by atoms with E-state index in [-0.39, 0.29) is 17.4 Å². The van der Waals surface area contributed by atoms with Gasteiger partial charge in [-0.3, -0.25) is 4.79 Å². The molecule has 3 atom stereocenters. The first-order valence-corrected chi connectivity index (χ1v) is 8.31. The van der Waals surface area contributed by atoms with Crippen LogP contribution in [0.2, 0.25) is 0 Å². The van der Waals surface area contributed by atoms with Gasteiger partial charge in [0, 0.05) is 6.54 Å². The Bertz CT molecular complexity index is 528. The molecule has 2 N–H and O–H groups in total. The Balaban J connectivity index is 1.69. The van der Waals surface area contributed by atoms with E-state index in [9.17, 15) is 4.79 Å².